The third-order valence-electron chi connectivity index (χ3n) is 2.08. The monoisotopic (exact) mass is 173 g/mol. The summed E-state index contributed by atoms with van der Waals surface area (Å²) in [5.74, 6) is 0.883. The number of rotatable bonds is 1. The van der Waals surface area contributed by atoms with Crippen molar-refractivity contribution in [3.05, 3.63) is 36.0 Å². The lowest BCUT2D eigenvalue weighted by Gasteiger charge is -2.04. The van der Waals surface area contributed by atoms with Crippen LogP contribution in [0.1, 0.15) is 5.56 Å². The maximum atomic E-state index is 5.24. The molecule has 0 atom stereocenters. The van der Waals surface area contributed by atoms with Crippen LogP contribution in [0.4, 0.5) is 0 Å². The smallest absolute Gasteiger partial charge is 0.129 e. The summed E-state index contributed by atoms with van der Waals surface area (Å²) in [4.78, 5) is 4.25. The number of hydrogen-bond acceptors (Lipinski definition) is 2. The van der Waals surface area contributed by atoms with Gasteiger partial charge >= 0.3 is 0 Å². The van der Waals surface area contributed by atoms with Crippen molar-refractivity contribution in [2.24, 2.45) is 0 Å². The molecule has 1 aromatic heterocycles. The van der Waals surface area contributed by atoms with Gasteiger partial charge in [-0.05, 0) is 25.1 Å². The number of nitrogens with zero attached hydrogens (tertiary/aromatic N) is 1. The number of ether oxygens (including phenoxy) is 1. The SMILES string of the molecule is COc1ccnc2ccc(C)cc12. The molecule has 0 saturated heterocycles. The molecule has 2 rings (SSSR count). The standard InChI is InChI=1S/C11H11NO/c1-8-3-4-10-9(7-8)11(13-2)5-6-12-10/h3-7H,1-2H3. The van der Waals surface area contributed by atoms with Gasteiger partial charge in [-0.25, -0.2) is 0 Å². The average Bonchev–Trinajstić information content (AvgIpc) is 2.17. The van der Waals surface area contributed by atoms with Gasteiger partial charge in [-0.3, -0.25) is 4.98 Å². The summed E-state index contributed by atoms with van der Waals surface area (Å²) in [6.07, 6.45) is 1.76. The van der Waals surface area contributed by atoms with Gasteiger partial charge in [0.05, 0.1) is 12.6 Å². The summed E-state index contributed by atoms with van der Waals surface area (Å²) in [6.45, 7) is 2.06. The van der Waals surface area contributed by atoms with Crippen LogP contribution >= 0.6 is 0 Å². The predicted molar refractivity (Wildman–Crippen MR) is 53.0 cm³/mol. The van der Waals surface area contributed by atoms with Gasteiger partial charge in [0.15, 0.2) is 0 Å². The number of benzene rings is 1. The lowest BCUT2D eigenvalue weighted by atomic mass is 10.1. The first-order chi connectivity index (χ1) is 6.31. The second-order valence-electron chi connectivity index (χ2n) is 3.03. The van der Waals surface area contributed by atoms with Crippen molar-refractivity contribution >= 4 is 10.9 Å². The third kappa shape index (κ3) is 1.35. The highest BCUT2D eigenvalue weighted by molar-refractivity contribution is 5.85. The Morgan fingerprint density at radius 1 is 1.23 bits per heavy atom. The van der Waals surface area contributed by atoms with E-state index in [4.69, 9.17) is 4.74 Å². The summed E-state index contributed by atoms with van der Waals surface area (Å²) in [5.41, 5.74) is 2.20. The Bertz CT molecular complexity index is 437. The Morgan fingerprint density at radius 3 is 2.85 bits per heavy atom. The van der Waals surface area contributed by atoms with Crippen LogP contribution in [0.5, 0.6) is 5.75 Å². The molecule has 0 aliphatic carbocycles. The van der Waals surface area contributed by atoms with Crippen LogP contribution in [0.2, 0.25) is 0 Å². The number of methoxy groups -OCH3 is 1. The minimum absolute atomic E-state index is 0.883. The molecule has 1 heterocycles. The molecule has 13 heavy (non-hydrogen) atoms. The first-order valence-electron chi connectivity index (χ1n) is 4.20. The molecule has 0 bridgehead atoms. The zero-order chi connectivity index (χ0) is 9.26. The molecule has 0 radical (unpaired) electrons. The van der Waals surface area contributed by atoms with Gasteiger partial charge < -0.3 is 4.74 Å². The Hall–Kier alpha value is -1.57. The number of hydrogen-bond donors (Lipinski definition) is 0. The van der Waals surface area contributed by atoms with E-state index in [2.05, 4.69) is 24.0 Å². The Kier molecular flexibility index (Phi) is 1.89. The van der Waals surface area contributed by atoms with Gasteiger partial charge in [0, 0.05) is 11.6 Å². The van der Waals surface area contributed by atoms with E-state index in [1.165, 1.54) is 5.56 Å². The number of aromatic nitrogens is 1. The summed E-state index contributed by atoms with van der Waals surface area (Å²) in [5, 5.41) is 1.07. The summed E-state index contributed by atoms with van der Waals surface area (Å²) >= 11 is 0. The van der Waals surface area contributed by atoms with Crippen molar-refractivity contribution in [1.29, 1.82) is 0 Å². The molecule has 0 N–H and O–H groups in total. The fraction of sp³-hybridized carbons (Fsp3) is 0.182. The Morgan fingerprint density at radius 2 is 2.08 bits per heavy atom. The molecule has 0 aliphatic heterocycles. The maximum Gasteiger partial charge on any atom is 0.129 e. The molecule has 66 valence electrons. The van der Waals surface area contributed by atoms with Crippen LogP contribution in [0.15, 0.2) is 30.5 Å². The van der Waals surface area contributed by atoms with Gasteiger partial charge in [-0.2, -0.15) is 0 Å². The van der Waals surface area contributed by atoms with E-state index in [9.17, 15) is 0 Å². The highest BCUT2D eigenvalue weighted by Crippen LogP contribution is 2.23. The van der Waals surface area contributed by atoms with Gasteiger partial charge in [0.25, 0.3) is 0 Å². The highest BCUT2D eigenvalue weighted by atomic mass is 16.5. The highest BCUT2D eigenvalue weighted by Gasteiger charge is 2.00. The van der Waals surface area contributed by atoms with Crippen molar-refractivity contribution < 1.29 is 4.74 Å². The molecular weight excluding hydrogens is 162 g/mol. The van der Waals surface area contributed by atoms with Crippen molar-refractivity contribution in [2.45, 2.75) is 6.92 Å². The molecule has 2 heteroatoms. The van der Waals surface area contributed by atoms with Crippen molar-refractivity contribution in [3.63, 3.8) is 0 Å². The first-order valence-corrected chi connectivity index (χ1v) is 4.20. The third-order valence-corrected chi connectivity index (χ3v) is 2.08. The average molecular weight is 173 g/mol. The fourth-order valence-electron chi connectivity index (χ4n) is 1.41. The lowest BCUT2D eigenvalue weighted by molar-refractivity contribution is 0.419. The Balaban J connectivity index is 2.79. The van der Waals surface area contributed by atoms with Gasteiger partial charge in [-0.15, -0.1) is 0 Å². The summed E-state index contributed by atoms with van der Waals surface area (Å²) in [7, 11) is 1.68. The normalized spacial score (nSPS) is 10.3. The molecule has 0 saturated carbocycles. The van der Waals surface area contributed by atoms with E-state index >= 15 is 0 Å². The maximum absolute atomic E-state index is 5.24. The molecule has 0 unspecified atom stereocenters. The summed E-state index contributed by atoms with van der Waals surface area (Å²) < 4.78 is 5.24. The molecular formula is C11H11NO. The minimum atomic E-state index is 0.883. The quantitative estimate of drug-likeness (QED) is 0.661. The van der Waals surface area contributed by atoms with E-state index in [1.807, 2.05) is 12.1 Å². The van der Waals surface area contributed by atoms with E-state index < -0.39 is 0 Å². The first kappa shape index (κ1) is 8.05. The second-order valence-corrected chi connectivity index (χ2v) is 3.03. The number of aryl methyl sites for hydroxylation is 1. The molecule has 2 aromatic rings. The second kappa shape index (κ2) is 3.05. The van der Waals surface area contributed by atoms with E-state index in [0.29, 0.717) is 0 Å². The van der Waals surface area contributed by atoms with Crippen molar-refractivity contribution in [2.75, 3.05) is 7.11 Å². The summed E-state index contributed by atoms with van der Waals surface area (Å²) in [6, 6.07) is 8.02. The molecule has 1 aromatic carbocycles. The molecule has 2 nitrogen and oxygen atoms in total. The number of pyridine rings is 1. The largest absolute Gasteiger partial charge is 0.496 e. The zero-order valence-electron chi connectivity index (χ0n) is 7.74. The van der Waals surface area contributed by atoms with Crippen LogP contribution in [0, 0.1) is 6.92 Å². The van der Waals surface area contributed by atoms with Gasteiger partial charge in [0.2, 0.25) is 0 Å². The van der Waals surface area contributed by atoms with Crippen LogP contribution in [0.3, 0.4) is 0 Å². The Labute approximate surface area is 77.2 Å². The van der Waals surface area contributed by atoms with E-state index in [-0.39, 0.29) is 0 Å². The molecule has 0 spiro atoms. The van der Waals surface area contributed by atoms with E-state index in [1.54, 1.807) is 13.3 Å². The molecule has 0 aliphatic rings. The topological polar surface area (TPSA) is 22.1 Å². The molecule has 0 fully saturated rings. The van der Waals surface area contributed by atoms with E-state index in [0.717, 1.165) is 16.7 Å². The van der Waals surface area contributed by atoms with Crippen LogP contribution in [-0.2, 0) is 0 Å². The van der Waals surface area contributed by atoms with Crippen LogP contribution in [0.25, 0.3) is 10.9 Å². The number of fused-ring (bicyclic) bond motifs is 1. The van der Waals surface area contributed by atoms with Crippen molar-refractivity contribution in [1.82, 2.24) is 4.98 Å². The predicted octanol–water partition coefficient (Wildman–Crippen LogP) is 2.55. The fourth-order valence-corrected chi connectivity index (χ4v) is 1.41. The zero-order valence-corrected chi connectivity index (χ0v) is 7.74. The van der Waals surface area contributed by atoms with Gasteiger partial charge in [0.1, 0.15) is 5.75 Å². The van der Waals surface area contributed by atoms with Crippen LogP contribution in [-0.4, -0.2) is 12.1 Å². The van der Waals surface area contributed by atoms with Crippen LogP contribution < -0.4 is 4.74 Å². The minimum Gasteiger partial charge on any atom is -0.496 e. The molecule has 0 amide bonds. The lowest BCUT2D eigenvalue weighted by Crippen LogP contribution is -1.87. The van der Waals surface area contributed by atoms with Crippen molar-refractivity contribution in [3.8, 4) is 5.75 Å². The van der Waals surface area contributed by atoms with Gasteiger partial charge in [-0.1, -0.05) is 11.6 Å².